The molecule has 0 bridgehead atoms. The topological polar surface area (TPSA) is 29.1 Å². The van der Waals surface area contributed by atoms with Crippen molar-refractivity contribution in [1.82, 2.24) is 0 Å². The summed E-state index contributed by atoms with van der Waals surface area (Å²) in [6.07, 6.45) is 20.9. The smallest absolute Gasteiger partial charge is 0.252 e. The molecule has 0 aliphatic carbocycles. The van der Waals surface area contributed by atoms with E-state index in [1.807, 2.05) is 12.1 Å². The summed E-state index contributed by atoms with van der Waals surface area (Å²) in [5.41, 5.74) is 1.61. The van der Waals surface area contributed by atoms with Crippen LogP contribution in [0.25, 0.3) is 0 Å². The first-order valence-corrected chi connectivity index (χ1v) is 11.7. The third kappa shape index (κ3) is 13.7. The maximum Gasteiger partial charge on any atom is 0.252 e. The zero-order valence-electron chi connectivity index (χ0n) is 17.4. The highest BCUT2D eigenvalue weighted by Gasteiger charge is 2.00. The van der Waals surface area contributed by atoms with Gasteiger partial charge in [-0.05, 0) is 42.3 Å². The molecule has 1 aromatic carbocycles. The van der Waals surface area contributed by atoms with E-state index in [-0.39, 0.29) is 0 Å². The highest BCUT2D eigenvalue weighted by molar-refractivity contribution is 6.67. The number of halogens is 1. The van der Waals surface area contributed by atoms with E-state index < -0.39 is 5.24 Å². The van der Waals surface area contributed by atoms with Gasteiger partial charge in [0.15, 0.2) is 0 Å². The maximum absolute atomic E-state index is 11.0. The second kappa shape index (κ2) is 17.1. The van der Waals surface area contributed by atoms with Crippen molar-refractivity contribution in [1.29, 1.82) is 0 Å². The van der Waals surface area contributed by atoms with E-state index in [2.05, 4.69) is 12.2 Å². The predicted molar refractivity (Wildman–Crippen MR) is 120 cm³/mol. The summed E-state index contributed by atoms with van der Waals surface area (Å²) in [5.74, 6) is 0. The molecular formula is C24H40ClNO. The Hall–Kier alpha value is -1.02. The van der Waals surface area contributed by atoms with Gasteiger partial charge in [0.05, 0.1) is 0 Å². The number of carbonyl (C=O) groups is 1. The van der Waals surface area contributed by atoms with E-state index in [4.69, 9.17) is 11.6 Å². The SMILES string of the molecule is CCCCCCCCCCCCCCCCCNc1ccc(C(=O)Cl)cc1. The predicted octanol–water partition coefficient (Wildman–Crippen LogP) is 8.35. The molecule has 0 fully saturated rings. The quantitative estimate of drug-likeness (QED) is 0.200. The highest BCUT2D eigenvalue weighted by Crippen LogP contribution is 2.14. The summed E-state index contributed by atoms with van der Waals surface area (Å²) in [7, 11) is 0. The lowest BCUT2D eigenvalue weighted by Crippen LogP contribution is -2.01. The van der Waals surface area contributed by atoms with Crippen molar-refractivity contribution in [3.05, 3.63) is 29.8 Å². The number of benzene rings is 1. The Kier molecular flexibility index (Phi) is 15.2. The van der Waals surface area contributed by atoms with E-state index >= 15 is 0 Å². The minimum atomic E-state index is -0.399. The second-order valence-electron chi connectivity index (χ2n) is 7.73. The number of rotatable bonds is 18. The van der Waals surface area contributed by atoms with Gasteiger partial charge in [0, 0.05) is 17.8 Å². The molecule has 0 saturated heterocycles. The lowest BCUT2D eigenvalue weighted by molar-refractivity contribution is 0.108. The van der Waals surface area contributed by atoms with Crippen LogP contribution in [0.5, 0.6) is 0 Å². The monoisotopic (exact) mass is 393 g/mol. The number of unbranched alkanes of at least 4 members (excludes halogenated alkanes) is 14. The molecule has 0 unspecified atom stereocenters. The first kappa shape index (κ1) is 24.0. The average Bonchev–Trinajstić information content (AvgIpc) is 2.68. The molecule has 0 saturated carbocycles. The molecule has 1 aromatic rings. The van der Waals surface area contributed by atoms with E-state index in [1.165, 1.54) is 96.3 Å². The average molecular weight is 394 g/mol. The number of nitrogens with one attached hydrogen (secondary N) is 1. The Morgan fingerprint density at radius 3 is 1.52 bits per heavy atom. The van der Waals surface area contributed by atoms with Gasteiger partial charge >= 0.3 is 0 Å². The van der Waals surface area contributed by atoms with Crippen LogP contribution in [0.15, 0.2) is 24.3 Å². The maximum atomic E-state index is 11.0. The summed E-state index contributed by atoms with van der Waals surface area (Å²) >= 11 is 5.45. The summed E-state index contributed by atoms with van der Waals surface area (Å²) in [6, 6.07) is 7.37. The fraction of sp³-hybridized carbons (Fsp3) is 0.708. The Labute approximate surface area is 172 Å². The summed E-state index contributed by atoms with van der Waals surface area (Å²) < 4.78 is 0. The van der Waals surface area contributed by atoms with Crippen molar-refractivity contribution in [2.45, 2.75) is 103 Å². The zero-order valence-corrected chi connectivity index (χ0v) is 18.2. The van der Waals surface area contributed by atoms with Crippen LogP contribution in [0, 0.1) is 0 Å². The second-order valence-corrected chi connectivity index (χ2v) is 8.07. The first-order chi connectivity index (χ1) is 13.2. The molecule has 27 heavy (non-hydrogen) atoms. The van der Waals surface area contributed by atoms with Crippen LogP contribution in [0.1, 0.15) is 114 Å². The Morgan fingerprint density at radius 2 is 1.11 bits per heavy atom. The van der Waals surface area contributed by atoms with E-state index in [1.54, 1.807) is 12.1 Å². The van der Waals surface area contributed by atoms with Gasteiger partial charge in [0.2, 0.25) is 0 Å². The van der Waals surface area contributed by atoms with Gasteiger partial charge in [-0.1, -0.05) is 96.8 Å². The molecule has 3 heteroatoms. The molecule has 0 spiro atoms. The third-order valence-electron chi connectivity index (χ3n) is 5.22. The van der Waals surface area contributed by atoms with Crippen LogP contribution in [-0.2, 0) is 0 Å². The summed E-state index contributed by atoms with van der Waals surface area (Å²) in [4.78, 5) is 11.0. The highest BCUT2D eigenvalue weighted by atomic mass is 35.5. The molecule has 0 aliphatic heterocycles. The first-order valence-electron chi connectivity index (χ1n) is 11.3. The molecule has 154 valence electrons. The van der Waals surface area contributed by atoms with Gasteiger partial charge in [-0.25, -0.2) is 0 Å². The minimum Gasteiger partial charge on any atom is -0.385 e. The van der Waals surface area contributed by atoms with Crippen molar-refractivity contribution < 1.29 is 4.79 Å². The standard InChI is InChI=1S/C24H40ClNO/c1-2-3-4-5-6-7-8-9-10-11-12-13-14-15-16-21-26-23-19-17-22(18-20-23)24(25)27/h17-20,26H,2-16,21H2,1H3. The van der Waals surface area contributed by atoms with E-state index in [0.29, 0.717) is 5.56 Å². The Bertz CT molecular complexity index is 472. The molecule has 1 rings (SSSR count). The molecular weight excluding hydrogens is 354 g/mol. The summed E-state index contributed by atoms with van der Waals surface area (Å²) in [5, 5.41) is 3.00. The fourth-order valence-electron chi connectivity index (χ4n) is 3.45. The van der Waals surface area contributed by atoms with Crippen LogP contribution >= 0.6 is 11.6 Å². The molecule has 0 atom stereocenters. The van der Waals surface area contributed by atoms with Crippen LogP contribution in [0.4, 0.5) is 5.69 Å². The van der Waals surface area contributed by atoms with Crippen LogP contribution < -0.4 is 5.32 Å². The van der Waals surface area contributed by atoms with Gasteiger partial charge in [-0.2, -0.15) is 0 Å². The minimum absolute atomic E-state index is 0.399. The lowest BCUT2D eigenvalue weighted by Gasteiger charge is -2.07. The molecule has 0 aromatic heterocycles. The third-order valence-corrected chi connectivity index (χ3v) is 5.44. The zero-order chi connectivity index (χ0) is 19.6. The number of hydrogen-bond donors (Lipinski definition) is 1. The lowest BCUT2D eigenvalue weighted by atomic mass is 10.0. The molecule has 0 amide bonds. The van der Waals surface area contributed by atoms with Crippen LogP contribution in [-0.4, -0.2) is 11.8 Å². The number of carbonyl (C=O) groups excluding carboxylic acids is 1. The van der Waals surface area contributed by atoms with Crippen LogP contribution in [0.2, 0.25) is 0 Å². The largest absolute Gasteiger partial charge is 0.385 e. The molecule has 0 radical (unpaired) electrons. The van der Waals surface area contributed by atoms with E-state index in [0.717, 1.165) is 12.2 Å². The van der Waals surface area contributed by atoms with Crippen molar-refractivity contribution >= 4 is 22.5 Å². The normalized spacial score (nSPS) is 10.9. The van der Waals surface area contributed by atoms with E-state index in [9.17, 15) is 4.79 Å². The van der Waals surface area contributed by atoms with Gasteiger partial charge in [-0.3, -0.25) is 4.79 Å². The van der Waals surface area contributed by atoms with Crippen molar-refractivity contribution in [2.75, 3.05) is 11.9 Å². The van der Waals surface area contributed by atoms with Gasteiger partial charge < -0.3 is 5.32 Å². The Balaban J connectivity index is 1.81. The van der Waals surface area contributed by atoms with Gasteiger partial charge in [0.1, 0.15) is 0 Å². The van der Waals surface area contributed by atoms with Crippen molar-refractivity contribution in [3.63, 3.8) is 0 Å². The molecule has 1 N–H and O–H groups in total. The van der Waals surface area contributed by atoms with Gasteiger partial charge in [0.25, 0.3) is 5.24 Å². The molecule has 0 aliphatic rings. The van der Waals surface area contributed by atoms with Crippen LogP contribution in [0.3, 0.4) is 0 Å². The number of hydrogen-bond acceptors (Lipinski definition) is 2. The fourth-order valence-corrected chi connectivity index (χ4v) is 3.57. The van der Waals surface area contributed by atoms with Crippen molar-refractivity contribution in [2.24, 2.45) is 0 Å². The van der Waals surface area contributed by atoms with Gasteiger partial charge in [-0.15, -0.1) is 0 Å². The number of anilines is 1. The molecule has 2 nitrogen and oxygen atoms in total. The summed E-state index contributed by atoms with van der Waals surface area (Å²) in [6.45, 7) is 3.27. The van der Waals surface area contributed by atoms with Crippen molar-refractivity contribution in [3.8, 4) is 0 Å². The molecule has 0 heterocycles. The Morgan fingerprint density at radius 1 is 0.704 bits per heavy atom.